The van der Waals surface area contributed by atoms with Gasteiger partial charge in [0, 0.05) is 22.1 Å². The maximum atomic E-state index is 12.6. The molecule has 0 bridgehead atoms. The van der Waals surface area contributed by atoms with E-state index in [0.717, 1.165) is 6.20 Å². The highest BCUT2D eigenvalue weighted by Gasteiger charge is 2.21. The van der Waals surface area contributed by atoms with Gasteiger partial charge in [0.25, 0.3) is 16.4 Å². The van der Waals surface area contributed by atoms with Crippen LogP contribution in [0.2, 0.25) is 10.2 Å². The quantitative estimate of drug-likeness (QED) is 0.590. The molecule has 2 aromatic heterocycles. The van der Waals surface area contributed by atoms with Crippen LogP contribution in [0.15, 0.2) is 35.5 Å². The molecule has 3 rings (SSSR count). The minimum Gasteiger partial charge on any atom is -0.483 e. The van der Waals surface area contributed by atoms with Gasteiger partial charge in [0.15, 0.2) is 10.9 Å². The average molecular weight is 423 g/mol. The van der Waals surface area contributed by atoms with Crippen LogP contribution in [0.25, 0.3) is 10.9 Å². The Kier molecular flexibility index (Phi) is 5.17. The molecule has 7 nitrogen and oxygen atoms in total. The number of nitrogens with zero attached hydrogens (tertiary/aromatic N) is 2. The number of anilines is 1. The number of aromatic nitrogens is 3. The number of sulfonamides is 1. The van der Waals surface area contributed by atoms with Crippen molar-refractivity contribution < 1.29 is 21.9 Å². The van der Waals surface area contributed by atoms with Gasteiger partial charge in [-0.2, -0.15) is 4.98 Å². The van der Waals surface area contributed by atoms with Gasteiger partial charge in [-0.1, -0.05) is 23.2 Å². The predicted octanol–water partition coefficient (Wildman–Crippen LogP) is 3.71. The minimum absolute atomic E-state index is 0.0399. The molecule has 3 aromatic rings. The fourth-order valence-corrected chi connectivity index (χ4v) is 3.60. The summed E-state index contributed by atoms with van der Waals surface area (Å²) in [5.41, 5.74) is 0.535. The summed E-state index contributed by atoms with van der Waals surface area (Å²) in [6.07, 6.45) is -0.394. The van der Waals surface area contributed by atoms with Gasteiger partial charge in [-0.25, -0.2) is 26.9 Å². The van der Waals surface area contributed by atoms with Gasteiger partial charge in [-0.05, 0) is 18.2 Å². The Balaban J connectivity index is 1.86. The van der Waals surface area contributed by atoms with Gasteiger partial charge in [-0.3, -0.25) is 0 Å². The van der Waals surface area contributed by atoms with Crippen LogP contribution in [0.4, 0.5) is 14.7 Å². The molecule has 0 amide bonds. The Labute approximate surface area is 156 Å². The number of aromatic amines is 1. The van der Waals surface area contributed by atoms with Gasteiger partial charge in [0.05, 0.1) is 6.20 Å². The molecule has 12 heteroatoms. The van der Waals surface area contributed by atoms with Crippen molar-refractivity contribution in [1.82, 2.24) is 15.0 Å². The zero-order valence-corrected chi connectivity index (χ0v) is 15.0. The standard InChI is InChI=1S/C14H10Cl2F2N4O3S/c15-7-1-2-8-9(3-7)19-5-11(8)26(23,24)22-14-20-4-10(13(16)21-14)25-6-12(17)18/h1-5,12,19H,6H2,(H,20,21,22). The molecular weight excluding hydrogens is 413 g/mol. The highest BCUT2D eigenvalue weighted by atomic mass is 35.5. The van der Waals surface area contributed by atoms with E-state index in [-0.39, 0.29) is 21.7 Å². The average Bonchev–Trinajstić information content (AvgIpc) is 2.97. The summed E-state index contributed by atoms with van der Waals surface area (Å²) in [6, 6.07) is 4.69. The predicted molar refractivity (Wildman–Crippen MR) is 92.7 cm³/mol. The molecule has 0 fully saturated rings. The van der Waals surface area contributed by atoms with Gasteiger partial charge < -0.3 is 9.72 Å². The van der Waals surface area contributed by atoms with E-state index in [1.165, 1.54) is 6.20 Å². The molecule has 0 saturated carbocycles. The molecule has 1 aromatic carbocycles. The van der Waals surface area contributed by atoms with E-state index in [9.17, 15) is 17.2 Å². The van der Waals surface area contributed by atoms with Crippen molar-refractivity contribution in [1.29, 1.82) is 0 Å². The summed E-state index contributed by atoms with van der Waals surface area (Å²) in [7, 11) is -4.03. The second kappa shape index (κ2) is 7.22. The molecule has 0 aliphatic rings. The zero-order chi connectivity index (χ0) is 18.9. The Morgan fingerprint density at radius 1 is 1.31 bits per heavy atom. The molecule has 26 heavy (non-hydrogen) atoms. The van der Waals surface area contributed by atoms with Crippen molar-refractivity contribution in [2.45, 2.75) is 11.3 Å². The normalized spacial score (nSPS) is 11.9. The number of hydrogen-bond acceptors (Lipinski definition) is 5. The molecule has 0 radical (unpaired) electrons. The summed E-state index contributed by atoms with van der Waals surface area (Å²) >= 11 is 11.7. The molecule has 2 heterocycles. The van der Waals surface area contributed by atoms with Crippen molar-refractivity contribution in [3.05, 3.63) is 40.8 Å². The third-order valence-corrected chi connectivity index (χ3v) is 5.07. The Bertz CT molecular complexity index is 1060. The second-order valence-electron chi connectivity index (χ2n) is 5.00. The number of fused-ring (bicyclic) bond motifs is 1. The number of alkyl halides is 2. The number of benzene rings is 1. The Morgan fingerprint density at radius 3 is 2.77 bits per heavy atom. The van der Waals surface area contributed by atoms with Crippen molar-refractivity contribution in [3.8, 4) is 5.75 Å². The third kappa shape index (κ3) is 3.97. The highest BCUT2D eigenvalue weighted by Crippen LogP contribution is 2.27. The fourth-order valence-electron chi connectivity index (χ4n) is 2.12. The molecule has 0 aliphatic heterocycles. The van der Waals surface area contributed by atoms with Crippen molar-refractivity contribution in [2.24, 2.45) is 0 Å². The molecule has 0 saturated heterocycles. The van der Waals surface area contributed by atoms with E-state index in [4.69, 9.17) is 27.9 Å². The lowest BCUT2D eigenvalue weighted by atomic mass is 10.2. The van der Waals surface area contributed by atoms with Crippen LogP contribution in [-0.2, 0) is 10.0 Å². The number of hydrogen-bond donors (Lipinski definition) is 2. The highest BCUT2D eigenvalue weighted by molar-refractivity contribution is 7.93. The number of ether oxygens (including phenoxy) is 1. The first-order valence-corrected chi connectivity index (χ1v) is 9.23. The smallest absolute Gasteiger partial charge is 0.272 e. The monoisotopic (exact) mass is 422 g/mol. The molecule has 0 spiro atoms. The molecule has 0 atom stereocenters. The first kappa shape index (κ1) is 18.6. The van der Waals surface area contributed by atoms with Crippen LogP contribution < -0.4 is 9.46 Å². The second-order valence-corrected chi connectivity index (χ2v) is 7.44. The van der Waals surface area contributed by atoms with Gasteiger partial charge in [0.1, 0.15) is 11.5 Å². The molecule has 0 unspecified atom stereocenters. The van der Waals surface area contributed by atoms with Crippen molar-refractivity contribution >= 4 is 50.1 Å². The first-order chi connectivity index (χ1) is 12.3. The van der Waals surface area contributed by atoms with Crippen molar-refractivity contribution in [3.63, 3.8) is 0 Å². The third-order valence-electron chi connectivity index (χ3n) is 3.20. The lowest BCUT2D eigenvalue weighted by molar-refractivity contribution is 0.0816. The number of halogens is 4. The molecule has 138 valence electrons. The maximum absolute atomic E-state index is 12.6. The van der Waals surface area contributed by atoms with Crippen LogP contribution in [0, 0.1) is 0 Å². The summed E-state index contributed by atoms with van der Waals surface area (Å²) in [5, 5.41) is 0.569. The van der Waals surface area contributed by atoms with Crippen LogP contribution in [-0.4, -0.2) is 36.4 Å². The maximum Gasteiger partial charge on any atom is 0.272 e. The van der Waals surface area contributed by atoms with E-state index >= 15 is 0 Å². The van der Waals surface area contributed by atoms with Crippen molar-refractivity contribution in [2.75, 3.05) is 11.3 Å². The van der Waals surface area contributed by atoms with Crippen LogP contribution >= 0.6 is 23.2 Å². The topological polar surface area (TPSA) is 97.0 Å². The van der Waals surface area contributed by atoms with Gasteiger partial charge >= 0.3 is 0 Å². The molecular formula is C14H10Cl2F2N4O3S. The largest absolute Gasteiger partial charge is 0.483 e. The van der Waals surface area contributed by atoms with E-state index in [1.807, 2.05) is 0 Å². The number of nitrogens with one attached hydrogen (secondary N) is 2. The number of rotatable bonds is 6. The zero-order valence-electron chi connectivity index (χ0n) is 12.7. The summed E-state index contributed by atoms with van der Waals surface area (Å²) < 4.78 is 56.3. The van der Waals surface area contributed by atoms with E-state index in [1.54, 1.807) is 18.2 Å². The van der Waals surface area contributed by atoms with Gasteiger partial charge in [-0.15, -0.1) is 0 Å². The Morgan fingerprint density at radius 2 is 2.08 bits per heavy atom. The SMILES string of the molecule is O=S(=O)(Nc1ncc(OCC(F)F)c(Cl)n1)c1c[nH]c2cc(Cl)ccc12. The van der Waals surface area contributed by atoms with E-state index in [0.29, 0.717) is 15.9 Å². The summed E-state index contributed by atoms with van der Waals surface area (Å²) in [6.45, 7) is -0.883. The molecule has 0 aliphatic carbocycles. The first-order valence-electron chi connectivity index (χ1n) is 6.99. The lowest BCUT2D eigenvalue weighted by Crippen LogP contribution is -2.15. The van der Waals surface area contributed by atoms with Crippen LogP contribution in [0.1, 0.15) is 0 Å². The lowest BCUT2D eigenvalue weighted by Gasteiger charge is -2.09. The molecule has 2 N–H and O–H groups in total. The van der Waals surface area contributed by atoms with E-state index < -0.39 is 23.1 Å². The van der Waals surface area contributed by atoms with Gasteiger partial charge in [0.2, 0.25) is 5.95 Å². The summed E-state index contributed by atoms with van der Waals surface area (Å²) in [4.78, 5) is 10.2. The Hall–Kier alpha value is -2.17. The summed E-state index contributed by atoms with van der Waals surface area (Å²) in [5.74, 6) is -0.514. The van der Waals surface area contributed by atoms with Crippen LogP contribution in [0.3, 0.4) is 0 Å². The fraction of sp³-hybridized carbons (Fsp3) is 0.143. The number of H-pyrrole nitrogens is 1. The minimum atomic E-state index is -4.03. The van der Waals surface area contributed by atoms with E-state index in [2.05, 4.69) is 19.7 Å². The van der Waals surface area contributed by atoms with Crippen LogP contribution in [0.5, 0.6) is 5.75 Å².